The Morgan fingerprint density at radius 1 is 1.12 bits per heavy atom. The number of nitrogens with zero attached hydrogens (tertiary/aromatic N) is 4. The maximum atomic E-state index is 5.49. The second-order valence-corrected chi connectivity index (χ2v) is 3.39. The molecule has 1 atom stereocenters. The zero-order valence-corrected chi connectivity index (χ0v) is 8.83. The van der Waals surface area contributed by atoms with Gasteiger partial charge in [0.25, 0.3) is 0 Å². The van der Waals surface area contributed by atoms with Gasteiger partial charge >= 0.3 is 0 Å². The molecule has 0 amide bonds. The highest BCUT2D eigenvalue weighted by Gasteiger charge is 2.15. The van der Waals surface area contributed by atoms with Crippen LogP contribution < -0.4 is 11.3 Å². The number of hydrazine groups is 1. The third kappa shape index (κ3) is 2.18. The van der Waals surface area contributed by atoms with E-state index in [2.05, 4.69) is 25.4 Å². The van der Waals surface area contributed by atoms with Gasteiger partial charge in [-0.1, -0.05) is 0 Å². The molecule has 0 saturated carbocycles. The van der Waals surface area contributed by atoms with E-state index < -0.39 is 0 Å². The van der Waals surface area contributed by atoms with E-state index >= 15 is 0 Å². The summed E-state index contributed by atoms with van der Waals surface area (Å²) in [5.41, 5.74) is 4.48. The molecule has 0 bridgehead atoms. The van der Waals surface area contributed by atoms with E-state index in [0.717, 1.165) is 11.1 Å². The summed E-state index contributed by atoms with van der Waals surface area (Å²) in [5.74, 6) is 6.09. The molecular weight excluding hydrogens is 204 g/mol. The van der Waals surface area contributed by atoms with Crippen LogP contribution in [0.3, 0.4) is 0 Å². The van der Waals surface area contributed by atoms with Crippen LogP contribution in [0.25, 0.3) is 0 Å². The lowest BCUT2D eigenvalue weighted by Crippen LogP contribution is -2.30. The molecule has 2 rings (SSSR count). The van der Waals surface area contributed by atoms with E-state index in [1.165, 1.54) is 6.33 Å². The highest BCUT2D eigenvalue weighted by atomic mass is 15.2. The van der Waals surface area contributed by atoms with Crippen LogP contribution in [-0.4, -0.2) is 19.9 Å². The first kappa shape index (κ1) is 10.6. The molecule has 3 N–H and O–H groups in total. The molecule has 0 spiro atoms. The number of hydrogen-bond donors (Lipinski definition) is 2. The topological polar surface area (TPSA) is 89.6 Å². The molecule has 0 radical (unpaired) electrons. The van der Waals surface area contributed by atoms with Crippen molar-refractivity contribution in [1.82, 2.24) is 25.4 Å². The molecule has 0 fully saturated rings. The van der Waals surface area contributed by atoms with Crippen molar-refractivity contribution in [3.05, 3.63) is 48.1 Å². The Morgan fingerprint density at radius 3 is 2.31 bits per heavy atom. The molecule has 0 aliphatic carbocycles. The highest BCUT2D eigenvalue weighted by molar-refractivity contribution is 5.18. The first-order valence-corrected chi connectivity index (χ1v) is 4.81. The fourth-order valence-corrected chi connectivity index (χ4v) is 1.33. The molecule has 6 nitrogen and oxygen atoms in total. The van der Waals surface area contributed by atoms with Crippen molar-refractivity contribution in [3.63, 3.8) is 0 Å². The van der Waals surface area contributed by atoms with E-state index in [0.29, 0.717) is 5.82 Å². The average molecular weight is 216 g/mol. The molecule has 2 aromatic rings. The minimum absolute atomic E-state index is 0.290. The highest BCUT2D eigenvalue weighted by Crippen LogP contribution is 2.15. The Kier molecular flexibility index (Phi) is 3.13. The first-order chi connectivity index (χ1) is 7.81. The molecule has 16 heavy (non-hydrogen) atoms. The van der Waals surface area contributed by atoms with Crippen LogP contribution in [-0.2, 0) is 0 Å². The fraction of sp³-hybridized carbons (Fsp3) is 0.200. The van der Waals surface area contributed by atoms with Crippen LogP contribution in [0.2, 0.25) is 0 Å². The molecular formula is C10H12N6. The third-order valence-electron chi connectivity index (χ3n) is 2.14. The van der Waals surface area contributed by atoms with E-state index in [1.807, 2.05) is 6.92 Å². The molecule has 0 saturated heterocycles. The van der Waals surface area contributed by atoms with Gasteiger partial charge in [0.2, 0.25) is 0 Å². The van der Waals surface area contributed by atoms with Crippen LogP contribution in [0.15, 0.2) is 31.1 Å². The Labute approximate surface area is 93.0 Å². The maximum Gasteiger partial charge on any atom is 0.151 e. The standard InChI is InChI=1S/C10H12N6/c1-7-2-14-10(15-3-7)9(16-11)8-4-12-6-13-5-8/h2-6,9,16H,11H2,1H3. The lowest BCUT2D eigenvalue weighted by molar-refractivity contribution is 0.596. The Hall–Kier alpha value is -1.92. The van der Waals surface area contributed by atoms with Crippen LogP contribution in [0.1, 0.15) is 23.0 Å². The zero-order valence-electron chi connectivity index (χ0n) is 8.83. The normalized spacial score (nSPS) is 12.4. The predicted octanol–water partition coefficient (Wildman–Crippen LogP) is 0.128. The van der Waals surface area contributed by atoms with Crippen LogP contribution in [0, 0.1) is 6.92 Å². The van der Waals surface area contributed by atoms with Crippen molar-refractivity contribution in [2.24, 2.45) is 5.84 Å². The van der Waals surface area contributed by atoms with Crippen molar-refractivity contribution in [1.29, 1.82) is 0 Å². The number of hydrogen-bond acceptors (Lipinski definition) is 6. The lowest BCUT2D eigenvalue weighted by Gasteiger charge is -2.13. The lowest BCUT2D eigenvalue weighted by atomic mass is 10.1. The number of aryl methyl sites for hydroxylation is 1. The summed E-state index contributed by atoms with van der Waals surface area (Å²) in [6.07, 6.45) is 8.32. The largest absolute Gasteiger partial charge is 0.270 e. The summed E-state index contributed by atoms with van der Waals surface area (Å²) >= 11 is 0. The molecule has 0 aliphatic rings. The smallest absolute Gasteiger partial charge is 0.151 e. The van der Waals surface area contributed by atoms with Gasteiger partial charge in [-0.05, 0) is 12.5 Å². The van der Waals surface area contributed by atoms with Gasteiger partial charge in [0.1, 0.15) is 12.4 Å². The van der Waals surface area contributed by atoms with Gasteiger partial charge in [-0.3, -0.25) is 5.84 Å². The molecule has 0 aromatic carbocycles. The zero-order chi connectivity index (χ0) is 11.4. The number of rotatable bonds is 3. The van der Waals surface area contributed by atoms with E-state index in [-0.39, 0.29) is 6.04 Å². The quantitative estimate of drug-likeness (QED) is 0.560. The maximum absolute atomic E-state index is 5.49. The first-order valence-electron chi connectivity index (χ1n) is 4.81. The summed E-state index contributed by atoms with van der Waals surface area (Å²) in [7, 11) is 0. The summed E-state index contributed by atoms with van der Waals surface area (Å²) in [6.45, 7) is 1.93. The summed E-state index contributed by atoms with van der Waals surface area (Å²) in [6, 6.07) is -0.290. The molecule has 1 unspecified atom stereocenters. The second kappa shape index (κ2) is 4.73. The van der Waals surface area contributed by atoms with Crippen LogP contribution in [0.5, 0.6) is 0 Å². The minimum atomic E-state index is -0.290. The van der Waals surface area contributed by atoms with Crippen molar-refractivity contribution in [2.75, 3.05) is 0 Å². The fourth-order valence-electron chi connectivity index (χ4n) is 1.33. The van der Waals surface area contributed by atoms with Crippen molar-refractivity contribution < 1.29 is 0 Å². The number of aromatic nitrogens is 4. The van der Waals surface area contributed by atoms with Gasteiger partial charge in [-0.2, -0.15) is 0 Å². The Balaban J connectivity index is 2.33. The van der Waals surface area contributed by atoms with Gasteiger partial charge in [-0.15, -0.1) is 0 Å². The van der Waals surface area contributed by atoms with E-state index in [4.69, 9.17) is 5.84 Å². The van der Waals surface area contributed by atoms with Crippen molar-refractivity contribution in [2.45, 2.75) is 13.0 Å². The van der Waals surface area contributed by atoms with Crippen molar-refractivity contribution in [3.8, 4) is 0 Å². The molecule has 2 aromatic heterocycles. The molecule has 82 valence electrons. The van der Waals surface area contributed by atoms with Gasteiger partial charge < -0.3 is 0 Å². The van der Waals surface area contributed by atoms with E-state index in [9.17, 15) is 0 Å². The molecule has 6 heteroatoms. The van der Waals surface area contributed by atoms with Crippen LogP contribution >= 0.6 is 0 Å². The number of nitrogens with two attached hydrogens (primary N) is 1. The second-order valence-electron chi connectivity index (χ2n) is 3.39. The van der Waals surface area contributed by atoms with Crippen molar-refractivity contribution >= 4 is 0 Å². The third-order valence-corrected chi connectivity index (χ3v) is 2.14. The van der Waals surface area contributed by atoms with Crippen LogP contribution in [0.4, 0.5) is 0 Å². The summed E-state index contributed by atoms with van der Waals surface area (Å²) in [5, 5.41) is 0. The van der Waals surface area contributed by atoms with Gasteiger partial charge in [-0.25, -0.2) is 25.4 Å². The summed E-state index contributed by atoms with van der Waals surface area (Å²) in [4.78, 5) is 16.3. The monoisotopic (exact) mass is 216 g/mol. The summed E-state index contributed by atoms with van der Waals surface area (Å²) < 4.78 is 0. The Bertz CT molecular complexity index is 441. The van der Waals surface area contributed by atoms with E-state index in [1.54, 1.807) is 24.8 Å². The van der Waals surface area contributed by atoms with Gasteiger partial charge in [0.15, 0.2) is 5.82 Å². The van der Waals surface area contributed by atoms with Gasteiger partial charge in [0.05, 0.1) is 0 Å². The Morgan fingerprint density at radius 2 is 1.75 bits per heavy atom. The predicted molar refractivity (Wildman–Crippen MR) is 58.0 cm³/mol. The van der Waals surface area contributed by atoms with Gasteiger partial charge in [0, 0.05) is 30.4 Å². The SMILES string of the molecule is Cc1cnc(C(NN)c2cncnc2)nc1. The minimum Gasteiger partial charge on any atom is -0.270 e. The average Bonchev–Trinajstić information content (AvgIpc) is 2.34. The number of nitrogens with one attached hydrogen (secondary N) is 1. The molecule has 0 aliphatic heterocycles. The molecule has 2 heterocycles.